The molecule has 0 amide bonds. The third kappa shape index (κ3) is 1.68. The summed E-state index contributed by atoms with van der Waals surface area (Å²) in [4.78, 5) is 11.6. The monoisotopic (exact) mass is 207 g/mol. The molecule has 80 valence electrons. The first-order chi connectivity index (χ1) is 7.26. The fraction of sp³-hybridized carbons (Fsp3) is 0.364. The second kappa shape index (κ2) is 3.90. The van der Waals surface area contributed by atoms with Gasteiger partial charge in [0.25, 0.3) is 0 Å². The van der Waals surface area contributed by atoms with E-state index in [4.69, 9.17) is 9.47 Å². The normalized spacial score (nSPS) is 14.7. The minimum atomic E-state index is 0.0773. The van der Waals surface area contributed by atoms with Gasteiger partial charge in [0.1, 0.15) is 11.5 Å². The van der Waals surface area contributed by atoms with E-state index in [2.05, 4.69) is 5.32 Å². The van der Waals surface area contributed by atoms with Crippen LogP contribution in [0.25, 0.3) is 0 Å². The summed E-state index contributed by atoms with van der Waals surface area (Å²) >= 11 is 0. The molecule has 2 rings (SSSR count). The highest BCUT2D eigenvalue weighted by atomic mass is 16.5. The molecule has 4 nitrogen and oxygen atoms in total. The van der Waals surface area contributed by atoms with E-state index in [1.165, 1.54) is 0 Å². The topological polar surface area (TPSA) is 47.6 Å². The second-order valence-corrected chi connectivity index (χ2v) is 3.38. The maximum absolute atomic E-state index is 11.6. The number of carbonyl (C=O) groups is 1. The first-order valence-electron chi connectivity index (χ1n) is 4.75. The number of rotatable bonds is 2. The Bertz CT molecular complexity index is 401. The summed E-state index contributed by atoms with van der Waals surface area (Å²) in [5.74, 6) is 1.43. The van der Waals surface area contributed by atoms with Gasteiger partial charge in [0.05, 0.1) is 20.8 Å². The average Bonchev–Trinajstić information content (AvgIpc) is 2.28. The summed E-state index contributed by atoms with van der Waals surface area (Å²) in [6.07, 6.45) is 0. The van der Waals surface area contributed by atoms with Crippen LogP contribution in [-0.2, 0) is 6.54 Å². The maximum atomic E-state index is 11.6. The molecule has 0 bridgehead atoms. The third-order valence-electron chi connectivity index (χ3n) is 2.53. The summed E-state index contributed by atoms with van der Waals surface area (Å²) in [7, 11) is 3.17. The molecule has 1 heterocycles. The Morgan fingerprint density at radius 2 is 2.00 bits per heavy atom. The molecule has 1 aliphatic heterocycles. The first kappa shape index (κ1) is 9.98. The minimum absolute atomic E-state index is 0.0773. The Labute approximate surface area is 88.2 Å². The van der Waals surface area contributed by atoms with E-state index >= 15 is 0 Å². The largest absolute Gasteiger partial charge is 0.497 e. The summed E-state index contributed by atoms with van der Waals surface area (Å²) in [5.41, 5.74) is 1.61. The molecule has 0 aromatic heterocycles. The van der Waals surface area contributed by atoms with Gasteiger partial charge in [-0.1, -0.05) is 0 Å². The van der Waals surface area contributed by atoms with Gasteiger partial charge in [0.2, 0.25) is 0 Å². The number of benzene rings is 1. The van der Waals surface area contributed by atoms with Crippen LogP contribution >= 0.6 is 0 Å². The molecule has 1 aliphatic rings. The van der Waals surface area contributed by atoms with Crippen molar-refractivity contribution in [2.75, 3.05) is 20.8 Å². The Morgan fingerprint density at radius 3 is 2.67 bits per heavy atom. The van der Waals surface area contributed by atoms with Crippen LogP contribution in [0.1, 0.15) is 15.9 Å². The van der Waals surface area contributed by atoms with Crippen LogP contribution in [0.4, 0.5) is 0 Å². The van der Waals surface area contributed by atoms with E-state index in [9.17, 15) is 4.79 Å². The number of Topliss-reactive ketones (excluding diaryl/α,β-unsaturated/α-hetero) is 1. The Hall–Kier alpha value is -1.55. The third-order valence-corrected chi connectivity index (χ3v) is 2.53. The van der Waals surface area contributed by atoms with Crippen LogP contribution in [0.3, 0.4) is 0 Å². The zero-order valence-electron chi connectivity index (χ0n) is 8.79. The molecule has 0 saturated carbocycles. The Balaban J connectivity index is 2.57. The molecule has 0 fully saturated rings. The Morgan fingerprint density at radius 1 is 1.20 bits per heavy atom. The lowest BCUT2D eigenvalue weighted by Crippen LogP contribution is -2.30. The second-order valence-electron chi connectivity index (χ2n) is 3.38. The summed E-state index contributed by atoms with van der Waals surface area (Å²) in [6, 6.07) is 3.56. The van der Waals surface area contributed by atoms with Crippen molar-refractivity contribution in [1.29, 1.82) is 0 Å². The van der Waals surface area contributed by atoms with Gasteiger partial charge in [-0.05, 0) is 6.07 Å². The molecule has 4 heteroatoms. The molecule has 0 aliphatic carbocycles. The van der Waals surface area contributed by atoms with Gasteiger partial charge in [0.15, 0.2) is 5.78 Å². The number of carbonyl (C=O) groups excluding carboxylic acids is 1. The van der Waals surface area contributed by atoms with E-state index in [0.29, 0.717) is 30.2 Å². The van der Waals surface area contributed by atoms with E-state index < -0.39 is 0 Å². The maximum Gasteiger partial charge on any atom is 0.177 e. The number of fused-ring (bicyclic) bond motifs is 1. The van der Waals surface area contributed by atoms with E-state index in [0.717, 1.165) is 5.56 Å². The van der Waals surface area contributed by atoms with Gasteiger partial charge in [-0.15, -0.1) is 0 Å². The van der Waals surface area contributed by atoms with Crippen LogP contribution < -0.4 is 14.8 Å². The zero-order chi connectivity index (χ0) is 10.8. The van der Waals surface area contributed by atoms with Crippen molar-refractivity contribution >= 4 is 5.78 Å². The highest BCUT2D eigenvalue weighted by Crippen LogP contribution is 2.30. The van der Waals surface area contributed by atoms with Crippen molar-refractivity contribution in [2.45, 2.75) is 6.54 Å². The highest BCUT2D eigenvalue weighted by Gasteiger charge is 2.21. The lowest BCUT2D eigenvalue weighted by atomic mass is 9.98. The number of ketones is 1. The molecule has 1 aromatic carbocycles. The van der Waals surface area contributed by atoms with Crippen molar-refractivity contribution in [2.24, 2.45) is 0 Å². The molecule has 1 N–H and O–H groups in total. The molecule has 0 atom stereocenters. The lowest BCUT2D eigenvalue weighted by molar-refractivity contribution is 0.0981. The molecule has 0 radical (unpaired) electrons. The van der Waals surface area contributed by atoms with Crippen LogP contribution in [0.2, 0.25) is 0 Å². The van der Waals surface area contributed by atoms with Crippen LogP contribution in [0, 0.1) is 0 Å². The van der Waals surface area contributed by atoms with Gasteiger partial charge in [-0.2, -0.15) is 0 Å². The molecule has 0 spiro atoms. The van der Waals surface area contributed by atoms with Crippen molar-refractivity contribution in [3.63, 3.8) is 0 Å². The zero-order valence-corrected chi connectivity index (χ0v) is 8.79. The number of hydrogen-bond donors (Lipinski definition) is 1. The van der Waals surface area contributed by atoms with E-state index in [1.807, 2.05) is 0 Å². The van der Waals surface area contributed by atoms with Crippen LogP contribution in [-0.4, -0.2) is 26.5 Å². The number of hydrogen-bond acceptors (Lipinski definition) is 4. The number of methoxy groups -OCH3 is 2. The minimum Gasteiger partial charge on any atom is -0.497 e. The molecular weight excluding hydrogens is 194 g/mol. The molecule has 1 aromatic rings. The average molecular weight is 207 g/mol. The highest BCUT2D eigenvalue weighted by molar-refractivity contribution is 6.00. The summed E-state index contributed by atoms with van der Waals surface area (Å²) in [6.45, 7) is 1.04. The van der Waals surface area contributed by atoms with E-state index in [-0.39, 0.29) is 5.78 Å². The lowest BCUT2D eigenvalue weighted by Gasteiger charge is -2.19. The standard InChI is InChI=1S/C11H13NO3/c1-14-7-3-8-9(11(4-7)15-2)5-12-6-10(8)13/h3-4,12H,5-6H2,1-2H3. The van der Waals surface area contributed by atoms with Gasteiger partial charge in [0, 0.05) is 23.7 Å². The predicted molar refractivity (Wildman–Crippen MR) is 55.6 cm³/mol. The summed E-state index contributed by atoms with van der Waals surface area (Å²) < 4.78 is 10.3. The summed E-state index contributed by atoms with van der Waals surface area (Å²) in [5, 5.41) is 3.03. The van der Waals surface area contributed by atoms with E-state index in [1.54, 1.807) is 26.4 Å². The Kier molecular flexibility index (Phi) is 2.60. The van der Waals surface area contributed by atoms with Crippen molar-refractivity contribution in [3.8, 4) is 11.5 Å². The smallest absolute Gasteiger partial charge is 0.177 e. The van der Waals surface area contributed by atoms with Gasteiger partial charge >= 0.3 is 0 Å². The van der Waals surface area contributed by atoms with Crippen molar-refractivity contribution < 1.29 is 14.3 Å². The number of nitrogens with one attached hydrogen (secondary N) is 1. The fourth-order valence-electron chi connectivity index (χ4n) is 1.75. The van der Waals surface area contributed by atoms with Gasteiger partial charge in [-0.3, -0.25) is 4.79 Å². The molecule has 0 saturated heterocycles. The van der Waals surface area contributed by atoms with Crippen molar-refractivity contribution in [3.05, 3.63) is 23.3 Å². The van der Waals surface area contributed by atoms with Crippen LogP contribution in [0.5, 0.6) is 11.5 Å². The predicted octanol–water partition coefficient (Wildman–Crippen LogP) is 0.990. The van der Waals surface area contributed by atoms with Gasteiger partial charge < -0.3 is 14.8 Å². The number of ether oxygens (including phenoxy) is 2. The fourth-order valence-corrected chi connectivity index (χ4v) is 1.75. The molecule has 0 unspecified atom stereocenters. The SMILES string of the molecule is COc1cc(OC)c2c(c1)C(=O)CNC2. The quantitative estimate of drug-likeness (QED) is 0.785. The van der Waals surface area contributed by atoms with Crippen LogP contribution in [0.15, 0.2) is 12.1 Å². The molecule has 15 heavy (non-hydrogen) atoms. The first-order valence-corrected chi connectivity index (χ1v) is 4.75. The van der Waals surface area contributed by atoms with Gasteiger partial charge in [-0.25, -0.2) is 0 Å². The molecular formula is C11H13NO3. The van der Waals surface area contributed by atoms with Crippen molar-refractivity contribution in [1.82, 2.24) is 5.32 Å².